The summed E-state index contributed by atoms with van der Waals surface area (Å²) in [6.07, 6.45) is 4.90. The molecule has 0 radical (unpaired) electrons. The van der Waals surface area contributed by atoms with E-state index in [4.69, 9.17) is 0 Å². The quantitative estimate of drug-likeness (QED) is 0.522. The molecule has 0 bridgehead atoms. The monoisotopic (exact) mass is 406 g/mol. The van der Waals surface area contributed by atoms with Crippen molar-refractivity contribution in [3.8, 4) is 5.69 Å². The van der Waals surface area contributed by atoms with E-state index in [0.29, 0.717) is 41.7 Å². The lowest BCUT2D eigenvalue weighted by atomic mass is 10.0. The van der Waals surface area contributed by atoms with Crippen LogP contribution in [0.1, 0.15) is 29.2 Å². The molecule has 0 spiro atoms. The Hall–Kier alpha value is -3.33. The highest BCUT2D eigenvalue weighted by Gasteiger charge is 2.26. The highest BCUT2D eigenvalue weighted by molar-refractivity contribution is 7.17. The van der Waals surface area contributed by atoms with E-state index >= 15 is 0 Å². The maximum atomic E-state index is 13.0. The summed E-state index contributed by atoms with van der Waals surface area (Å²) in [6.45, 7) is 1.15. The van der Waals surface area contributed by atoms with Gasteiger partial charge in [0.15, 0.2) is 0 Å². The van der Waals surface area contributed by atoms with Crippen LogP contribution < -0.4 is 5.56 Å². The Bertz CT molecular complexity index is 1220. The number of fused-ring (bicyclic) bond motifs is 1. The Labute approximate surface area is 170 Å². The minimum absolute atomic E-state index is 0.00963. The number of carbonyl (C=O) groups excluding carboxylic acids is 1. The molecule has 1 aliphatic rings. The number of amides is 1. The predicted molar refractivity (Wildman–Crippen MR) is 109 cm³/mol. The normalized spacial score (nSPS) is 15.1. The van der Waals surface area contributed by atoms with Crippen LogP contribution in [0.15, 0.2) is 59.0 Å². The maximum absolute atomic E-state index is 13.0. The fourth-order valence-electron chi connectivity index (χ4n) is 3.72. The summed E-state index contributed by atoms with van der Waals surface area (Å²) >= 11 is 1.39. The van der Waals surface area contributed by atoms with Crippen LogP contribution in [0, 0.1) is 0 Å². The summed E-state index contributed by atoms with van der Waals surface area (Å²) in [7, 11) is 0. The molecular formula is C20H18N6O2S. The van der Waals surface area contributed by atoms with E-state index < -0.39 is 0 Å². The standard InChI is InChI=1S/C20H18N6O2S/c27-19(14-3-1-4-16(13-14)25-9-2-8-21-25)24-10-5-15(6-11-24)26-20(28)18-17(22-23-26)7-12-29-18/h1-4,7-9,12-13,15H,5-6,10-11H2. The van der Waals surface area contributed by atoms with E-state index in [1.54, 1.807) is 16.9 Å². The van der Waals surface area contributed by atoms with Gasteiger partial charge in [-0.3, -0.25) is 9.59 Å². The van der Waals surface area contributed by atoms with Crippen molar-refractivity contribution in [3.05, 3.63) is 70.1 Å². The molecule has 1 fully saturated rings. The number of carbonyl (C=O) groups is 1. The number of hydrogen-bond acceptors (Lipinski definition) is 6. The van der Waals surface area contributed by atoms with Gasteiger partial charge in [0.2, 0.25) is 0 Å². The lowest BCUT2D eigenvalue weighted by Crippen LogP contribution is -2.41. The molecule has 0 atom stereocenters. The molecule has 146 valence electrons. The Morgan fingerprint density at radius 2 is 2.00 bits per heavy atom. The number of likely N-dealkylation sites (tertiary alicyclic amines) is 1. The second kappa shape index (κ2) is 7.25. The van der Waals surface area contributed by atoms with E-state index in [1.807, 2.05) is 46.8 Å². The van der Waals surface area contributed by atoms with Gasteiger partial charge in [-0.1, -0.05) is 11.3 Å². The molecule has 4 heterocycles. The van der Waals surface area contributed by atoms with Gasteiger partial charge in [0.1, 0.15) is 10.2 Å². The zero-order valence-electron chi connectivity index (χ0n) is 15.5. The van der Waals surface area contributed by atoms with Crippen molar-refractivity contribution in [1.82, 2.24) is 29.7 Å². The summed E-state index contributed by atoms with van der Waals surface area (Å²) in [5.41, 5.74) is 2.03. The van der Waals surface area contributed by atoms with Gasteiger partial charge in [-0.15, -0.1) is 16.4 Å². The van der Waals surface area contributed by atoms with E-state index in [9.17, 15) is 9.59 Å². The molecule has 29 heavy (non-hydrogen) atoms. The highest BCUT2D eigenvalue weighted by Crippen LogP contribution is 2.23. The van der Waals surface area contributed by atoms with E-state index in [2.05, 4.69) is 15.4 Å². The number of piperidine rings is 1. The predicted octanol–water partition coefficient (Wildman–Crippen LogP) is 2.52. The second-order valence-electron chi connectivity index (χ2n) is 7.00. The largest absolute Gasteiger partial charge is 0.338 e. The molecule has 9 heteroatoms. The van der Waals surface area contributed by atoms with Crippen LogP contribution >= 0.6 is 11.3 Å². The molecule has 0 unspecified atom stereocenters. The van der Waals surface area contributed by atoms with Crippen LogP contribution in [0.4, 0.5) is 0 Å². The third-order valence-corrected chi connectivity index (χ3v) is 6.15. The number of benzene rings is 1. The molecule has 0 aliphatic carbocycles. The highest BCUT2D eigenvalue weighted by atomic mass is 32.1. The van der Waals surface area contributed by atoms with Crippen LogP contribution in [0.25, 0.3) is 15.9 Å². The molecule has 0 N–H and O–H groups in total. The first-order valence-corrected chi connectivity index (χ1v) is 10.3. The molecule has 5 rings (SSSR count). The van der Waals surface area contributed by atoms with Gasteiger partial charge in [0, 0.05) is 31.0 Å². The van der Waals surface area contributed by atoms with Crippen LogP contribution in [0.2, 0.25) is 0 Å². The van der Waals surface area contributed by atoms with Gasteiger partial charge in [-0.2, -0.15) is 5.10 Å². The van der Waals surface area contributed by atoms with Crippen LogP contribution in [-0.4, -0.2) is 48.7 Å². The molecular weight excluding hydrogens is 388 g/mol. The average Bonchev–Trinajstić information content (AvgIpc) is 3.46. The van der Waals surface area contributed by atoms with Crippen LogP contribution in [0.5, 0.6) is 0 Å². The number of rotatable bonds is 3. The molecule has 1 amide bonds. The summed E-state index contributed by atoms with van der Waals surface area (Å²) < 4.78 is 3.85. The summed E-state index contributed by atoms with van der Waals surface area (Å²) in [5, 5.41) is 14.3. The van der Waals surface area contributed by atoms with E-state index in [0.717, 1.165) is 5.69 Å². The fourth-order valence-corrected chi connectivity index (χ4v) is 4.48. The number of aromatic nitrogens is 5. The molecule has 3 aromatic heterocycles. The van der Waals surface area contributed by atoms with Gasteiger partial charge < -0.3 is 4.90 Å². The number of hydrogen-bond donors (Lipinski definition) is 0. The lowest BCUT2D eigenvalue weighted by Gasteiger charge is -2.32. The van der Waals surface area contributed by atoms with Crippen molar-refractivity contribution in [2.45, 2.75) is 18.9 Å². The molecule has 0 saturated carbocycles. The van der Waals surface area contributed by atoms with Gasteiger partial charge in [-0.05, 0) is 48.6 Å². The SMILES string of the molecule is O=C(c1cccc(-n2cccn2)c1)N1CCC(n2nnc3ccsc3c2=O)CC1. The summed E-state index contributed by atoms with van der Waals surface area (Å²) in [6, 6.07) is 11.1. The third-order valence-electron chi connectivity index (χ3n) is 5.26. The second-order valence-corrected chi connectivity index (χ2v) is 7.91. The van der Waals surface area contributed by atoms with Crippen LogP contribution in [0.3, 0.4) is 0 Å². The van der Waals surface area contributed by atoms with Crippen LogP contribution in [-0.2, 0) is 0 Å². The zero-order chi connectivity index (χ0) is 19.8. The first kappa shape index (κ1) is 17.7. The van der Waals surface area contributed by atoms with Crippen molar-refractivity contribution < 1.29 is 4.79 Å². The van der Waals surface area contributed by atoms with Crippen molar-refractivity contribution in [2.75, 3.05) is 13.1 Å². The van der Waals surface area contributed by atoms with Gasteiger partial charge in [0.05, 0.1) is 11.7 Å². The minimum atomic E-state index is -0.0956. The Morgan fingerprint density at radius 3 is 2.79 bits per heavy atom. The Morgan fingerprint density at radius 1 is 1.14 bits per heavy atom. The molecule has 8 nitrogen and oxygen atoms in total. The molecule has 1 aromatic carbocycles. The Balaban J connectivity index is 1.31. The van der Waals surface area contributed by atoms with E-state index in [1.165, 1.54) is 16.0 Å². The Kier molecular flexibility index (Phi) is 4.44. The summed E-state index contributed by atoms with van der Waals surface area (Å²) in [4.78, 5) is 27.5. The number of nitrogens with zero attached hydrogens (tertiary/aromatic N) is 6. The topological polar surface area (TPSA) is 85.9 Å². The van der Waals surface area contributed by atoms with Gasteiger partial charge >= 0.3 is 0 Å². The smallest absolute Gasteiger partial charge is 0.287 e. The van der Waals surface area contributed by atoms with Crippen molar-refractivity contribution in [1.29, 1.82) is 0 Å². The molecule has 4 aromatic rings. The lowest BCUT2D eigenvalue weighted by molar-refractivity contribution is 0.0687. The van der Waals surface area contributed by atoms with Gasteiger partial charge in [-0.25, -0.2) is 9.36 Å². The maximum Gasteiger partial charge on any atom is 0.287 e. The van der Waals surface area contributed by atoms with Gasteiger partial charge in [0.25, 0.3) is 11.5 Å². The van der Waals surface area contributed by atoms with E-state index in [-0.39, 0.29) is 17.5 Å². The average molecular weight is 406 g/mol. The zero-order valence-corrected chi connectivity index (χ0v) is 16.3. The first-order valence-electron chi connectivity index (χ1n) is 9.43. The fraction of sp³-hybridized carbons (Fsp3) is 0.250. The molecule has 1 aliphatic heterocycles. The summed E-state index contributed by atoms with van der Waals surface area (Å²) in [5.74, 6) is -0.00963. The third kappa shape index (κ3) is 3.23. The first-order chi connectivity index (χ1) is 14.2. The minimum Gasteiger partial charge on any atom is -0.338 e. The van der Waals surface area contributed by atoms with Crippen molar-refractivity contribution in [2.24, 2.45) is 0 Å². The molecule has 1 saturated heterocycles. The number of thiophene rings is 1. The van der Waals surface area contributed by atoms with Crippen molar-refractivity contribution in [3.63, 3.8) is 0 Å². The van der Waals surface area contributed by atoms with Crippen molar-refractivity contribution >= 4 is 27.5 Å².